The largest absolute Gasteiger partial charge is 0.494 e. The second-order valence-electron chi connectivity index (χ2n) is 4.99. The Kier molecular flexibility index (Phi) is 4.13. The molecular weight excluding hydrogens is 330 g/mol. The third-order valence-electron chi connectivity index (χ3n) is 3.57. The van der Waals surface area contributed by atoms with Crippen molar-refractivity contribution in [1.29, 1.82) is 0 Å². The number of para-hydroxylation sites is 1. The van der Waals surface area contributed by atoms with Gasteiger partial charge in [0.1, 0.15) is 11.3 Å². The highest BCUT2D eigenvalue weighted by Gasteiger charge is 2.19. The number of nitro benzene ring substituents is 1. The van der Waals surface area contributed by atoms with Gasteiger partial charge in [-0.15, -0.1) is 0 Å². The summed E-state index contributed by atoms with van der Waals surface area (Å²) in [6, 6.07) is 9.92. The number of nitrogens with zero attached hydrogens (tertiary/aromatic N) is 2. The molecule has 0 aliphatic rings. The van der Waals surface area contributed by atoms with Gasteiger partial charge in [0.15, 0.2) is 5.13 Å². The monoisotopic (exact) mass is 343 g/mol. The van der Waals surface area contributed by atoms with Gasteiger partial charge in [-0.25, -0.2) is 4.98 Å². The first kappa shape index (κ1) is 15.9. The molecule has 7 nitrogen and oxygen atoms in total. The van der Waals surface area contributed by atoms with E-state index in [4.69, 9.17) is 4.74 Å². The van der Waals surface area contributed by atoms with Crippen LogP contribution in [0.2, 0.25) is 0 Å². The molecule has 3 rings (SSSR count). The van der Waals surface area contributed by atoms with Gasteiger partial charge >= 0.3 is 0 Å². The molecule has 0 saturated heterocycles. The van der Waals surface area contributed by atoms with Crippen LogP contribution in [0.1, 0.15) is 15.9 Å². The van der Waals surface area contributed by atoms with Crippen molar-refractivity contribution in [2.24, 2.45) is 0 Å². The highest BCUT2D eigenvalue weighted by atomic mass is 32.1. The van der Waals surface area contributed by atoms with Crippen molar-refractivity contribution in [2.75, 3.05) is 12.4 Å². The first-order chi connectivity index (χ1) is 11.5. The van der Waals surface area contributed by atoms with E-state index in [1.807, 2.05) is 12.1 Å². The quantitative estimate of drug-likeness (QED) is 0.575. The molecule has 0 radical (unpaired) electrons. The first-order valence-corrected chi connectivity index (χ1v) is 7.82. The molecule has 0 aliphatic carbocycles. The third-order valence-corrected chi connectivity index (χ3v) is 4.50. The van der Waals surface area contributed by atoms with Crippen LogP contribution in [0.3, 0.4) is 0 Å². The predicted octanol–water partition coefficient (Wildman–Crippen LogP) is 3.77. The standard InChI is InChI=1S/C16H13N3O4S/c1-9-10(5-3-6-11(9)19(21)22)15(20)18-16-17-14-12(23-2)7-4-8-13(14)24-16/h3-8H,1-2H3,(H,17,18,20). The van der Waals surface area contributed by atoms with Crippen LogP contribution < -0.4 is 10.1 Å². The lowest BCUT2D eigenvalue weighted by Crippen LogP contribution is -2.13. The summed E-state index contributed by atoms with van der Waals surface area (Å²) in [7, 11) is 1.55. The zero-order valence-electron chi connectivity index (χ0n) is 12.9. The lowest BCUT2D eigenvalue weighted by molar-refractivity contribution is -0.385. The minimum Gasteiger partial charge on any atom is -0.494 e. The Labute approximate surface area is 141 Å². The Bertz CT molecular complexity index is 952. The van der Waals surface area contributed by atoms with Gasteiger partial charge in [-0.3, -0.25) is 20.2 Å². The summed E-state index contributed by atoms with van der Waals surface area (Å²) in [6.07, 6.45) is 0. The topological polar surface area (TPSA) is 94.4 Å². The first-order valence-electron chi connectivity index (χ1n) is 7.00. The smallest absolute Gasteiger partial charge is 0.273 e. The fourth-order valence-corrected chi connectivity index (χ4v) is 3.25. The molecule has 0 unspecified atom stereocenters. The van der Waals surface area contributed by atoms with E-state index in [0.717, 1.165) is 4.70 Å². The van der Waals surface area contributed by atoms with Gasteiger partial charge in [-0.1, -0.05) is 23.5 Å². The van der Waals surface area contributed by atoms with Crippen LogP contribution >= 0.6 is 11.3 Å². The minimum absolute atomic E-state index is 0.0892. The van der Waals surface area contributed by atoms with Gasteiger partial charge in [0.2, 0.25) is 0 Å². The maximum absolute atomic E-state index is 12.4. The maximum atomic E-state index is 12.4. The lowest BCUT2D eigenvalue weighted by Gasteiger charge is -2.05. The van der Waals surface area contributed by atoms with E-state index in [2.05, 4.69) is 10.3 Å². The van der Waals surface area contributed by atoms with Crippen molar-refractivity contribution in [2.45, 2.75) is 6.92 Å². The number of methoxy groups -OCH3 is 1. The second kappa shape index (κ2) is 6.25. The van der Waals surface area contributed by atoms with E-state index in [-0.39, 0.29) is 11.3 Å². The van der Waals surface area contributed by atoms with Gasteiger partial charge < -0.3 is 4.74 Å². The number of nitro groups is 1. The molecule has 0 bridgehead atoms. The van der Waals surface area contributed by atoms with E-state index in [1.54, 1.807) is 26.2 Å². The zero-order valence-corrected chi connectivity index (χ0v) is 13.7. The lowest BCUT2D eigenvalue weighted by atomic mass is 10.1. The molecule has 8 heteroatoms. The Hall–Kier alpha value is -3.00. The Morgan fingerprint density at radius 1 is 1.29 bits per heavy atom. The summed E-state index contributed by atoms with van der Waals surface area (Å²) in [5.74, 6) is 0.185. The second-order valence-corrected chi connectivity index (χ2v) is 6.02. The predicted molar refractivity (Wildman–Crippen MR) is 92.0 cm³/mol. The molecule has 1 N–H and O–H groups in total. The van der Waals surface area contributed by atoms with Gasteiger partial charge in [0, 0.05) is 17.2 Å². The van der Waals surface area contributed by atoms with E-state index < -0.39 is 10.8 Å². The van der Waals surface area contributed by atoms with Crippen LogP contribution in [0.4, 0.5) is 10.8 Å². The normalized spacial score (nSPS) is 10.6. The summed E-state index contributed by atoms with van der Waals surface area (Å²) >= 11 is 1.31. The molecule has 24 heavy (non-hydrogen) atoms. The fraction of sp³-hybridized carbons (Fsp3) is 0.125. The number of hydrogen-bond acceptors (Lipinski definition) is 6. The SMILES string of the molecule is COc1cccc2sc(NC(=O)c3cccc([N+](=O)[O-])c3C)nc12. The van der Waals surface area contributed by atoms with Crippen molar-refractivity contribution in [3.05, 3.63) is 57.6 Å². The average molecular weight is 343 g/mol. The van der Waals surface area contributed by atoms with Crippen LogP contribution in [-0.4, -0.2) is 22.9 Å². The fourth-order valence-electron chi connectivity index (χ4n) is 2.37. The number of benzene rings is 2. The van der Waals surface area contributed by atoms with Crippen LogP contribution in [0, 0.1) is 17.0 Å². The van der Waals surface area contributed by atoms with Crippen LogP contribution in [0.25, 0.3) is 10.2 Å². The number of amides is 1. The van der Waals surface area contributed by atoms with Crippen molar-refractivity contribution in [3.63, 3.8) is 0 Å². The number of rotatable bonds is 4. The molecule has 0 atom stereocenters. The van der Waals surface area contributed by atoms with Crippen molar-refractivity contribution >= 4 is 38.3 Å². The number of fused-ring (bicyclic) bond motifs is 1. The summed E-state index contributed by atoms with van der Waals surface area (Å²) in [5.41, 5.74) is 1.14. The van der Waals surface area contributed by atoms with E-state index in [9.17, 15) is 14.9 Å². The van der Waals surface area contributed by atoms with E-state index in [0.29, 0.717) is 22.0 Å². The number of anilines is 1. The molecule has 3 aromatic rings. The Balaban J connectivity index is 1.93. The molecule has 1 aromatic heterocycles. The summed E-state index contributed by atoms with van der Waals surface area (Å²) in [4.78, 5) is 27.3. The summed E-state index contributed by atoms with van der Waals surface area (Å²) in [6.45, 7) is 1.55. The highest BCUT2D eigenvalue weighted by molar-refractivity contribution is 7.22. The highest BCUT2D eigenvalue weighted by Crippen LogP contribution is 2.32. The zero-order chi connectivity index (χ0) is 17.3. The van der Waals surface area contributed by atoms with Crippen LogP contribution in [0.15, 0.2) is 36.4 Å². The molecule has 1 amide bonds. The van der Waals surface area contributed by atoms with Gasteiger partial charge in [0.25, 0.3) is 11.6 Å². The molecule has 122 valence electrons. The third kappa shape index (κ3) is 2.79. The number of hydrogen-bond donors (Lipinski definition) is 1. The molecular formula is C16H13N3O4S. The molecule has 1 heterocycles. The number of carbonyl (C=O) groups excluding carboxylic acids is 1. The number of ether oxygens (including phenoxy) is 1. The number of aromatic nitrogens is 1. The molecule has 0 aliphatic heterocycles. The maximum Gasteiger partial charge on any atom is 0.273 e. The van der Waals surface area contributed by atoms with Gasteiger partial charge in [-0.05, 0) is 25.1 Å². The minimum atomic E-state index is -0.505. The van der Waals surface area contributed by atoms with Crippen molar-refractivity contribution in [3.8, 4) is 5.75 Å². The van der Waals surface area contributed by atoms with E-state index in [1.165, 1.54) is 23.5 Å². The average Bonchev–Trinajstić information content (AvgIpc) is 2.96. The number of thiazole rings is 1. The van der Waals surface area contributed by atoms with E-state index >= 15 is 0 Å². The molecule has 0 fully saturated rings. The molecule has 0 saturated carbocycles. The van der Waals surface area contributed by atoms with Gasteiger partial charge in [-0.2, -0.15) is 0 Å². The number of nitrogens with one attached hydrogen (secondary N) is 1. The molecule has 0 spiro atoms. The molecule has 2 aromatic carbocycles. The van der Waals surface area contributed by atoms with Gasteiger partial charge in [0.05, 0.1) is 16.7 Å². The Morgan fingerprint density at radius 3 is 2.75 bits per heavy atom. The number of carbonyl (C=O) groups is 1. The van der Waals surface area contributed by atoms with Crippen molar-refractivity contribution < 1.29 is 14.5 Å². The van der Waals surface area contributed by atoms with Crippen LogP contribution in [0.5, 0.6) is 5.75 Å². The van der Waals surface area contributed by atoms with Crippen LogP contribution in [-0.2, 0) is 0 Å². The summed E-state index contributed by atoms with van der Waals surface area (Å²) < 4.78 is 6.12. The summed E-state index contributed by atoms with van der Waals surface area (Å²) in [5, 5.41) is 14.1. The van der Waals surface area contributed by atoms with Crippen molar-refractivity contribution in [1.82, 2.24) is 4.98 Å². The Morgan fingerprint density at radius 2 is 2.04 bits per heavy atom.